The second-order valence-electron chi connectivity index (χ2n) is 5.04. The molecular weight excluding hydrogens is 296 g/mol. The zero-order valence-electron chi connectivity index (χ0n) is 12.7. The minimum Gasteiger partial charge on any atom is -0.469 e. The maximum absolute atomic E-state index is 12.2. The molecule has 2 rings (SSSR count). The number of aliphatic hydroxyl groups is 1. The third kappa shape index (κ3) is 4.12. The van der Waals surface area contributed by atoms with Crippen LogP contribution < -0.4 is 0 Å². The van der Waals surface area contributed by atoms with Gasteiger partial charge < -0.3 is 9.84 Å². The smallest absolute Gasteiger partial charge is 0.312 e. The molecule has 0 spiro atoms. The van der Waals surface area contributed by atoms with Gasteiger partial charge in [0.15, 0.2) is 0 Å². The summed E-state index contributed by atoms with van der Waals surface area (Å²) < 4.78 is 4.90. The van der Waals surface area contributed by atoms with Crippen LogP contribution in [0.2, 0.25) is 0 Å². The molecule has 0 saturated heterocycles. The number of aliphatic hydroxyl groups excluding tert-OH is 1. The van der Waals surface area contributed by atoms with E-state index in [1.165, 1.54) is 7.11 Å². The van der Waals surface area contributed by atoms with Gasteiger partial charge in [-0.1, -0.05) is 55.5 Å². The fourth-order valence-electron chi connectivity index (χ4n) is 2.36. The quantitative estimate of drug-likeness (QED) is 0.652. The van der Waals surface area contributed by atoms with Crippen LogP contribution in [0, 0.1) is 5.92 Å². The maximum atomic E-state index is 12.2. The van der Waals surface area contributed by atoms with Gasteiger partial charge in [0.25, 0.3) is 0 Å². The van der Waals surface area contributed by atoms with E-state index in [9.17, 15) is 9.90 Å². The van der Waals surface area contributed by atoms with Crippen LogP contribution in [0.1, 0.15) is 18.6 Å². The van der Waals surface area contributed by atoms with E-state index < -0.39 is 18.0 Å². The second kappa shape index (κ2) is 8.01. The number of rotatable bonds is 6. The fourth-order valence-corrected chi connectivity index (χ4v) is 3.51. The summed E-state index contributed by atoms with van der Waals surface area (Å²) in [5.74, 6) is -1.02. The van der Waals surface area contributed by atoms with Crippen molar-refractivity contribution >= 4 is 17.7 Å². The van der Waals surface area contributed by atoms with Crippen LogP contribution in [0.25, 0.3) is 0 Å². The first-order valence-electron chi connectivity index (χ1n) is 7.16. The third-order valence-corrected chi connectivity index (χ3v) is 4.73. The molecule has 0 aliphatic carbocycles. The van der Waals surface area contributed by atoms with Gasteiger partial charge in [-0.25, -0.2) is 0 Å². The van der Waals surface area contributed by atoms with Crippen molar-refractivity contribution in [3.8, 4) is 0 Å². The molecule has 0 bridgehead atoms. The van der Waals surface area contributed by atoms with Gasteiger partial charge in [0.1, 0.15) is 0 Å². The molecule has 0 radical (unpaired) electrons. The van der Waals surface area contributed by atoms with Crippen LogP contribution in [-0.2, 0) is 9.53 Å². The van der Waals surface area contributed by atoms with Crippen molar-refractivity contribution in [3.05, 3.63) is 66.2 Å². The molecule has 4 heteroatoms. The highest BCUT2D eigenvalue weighted by molar-refractivity contribution is 8.00. The lowest BCUT2D eigenvalue weighted by molar-refractivity contribution is -0.149. The van der Waals surface area contributed by atoms with E-state index in [0.717, 1.165) is 10.5 Å². The van der Waals surface area contributed by atoms with Gasteiger partial charge in [0.05, 0.1) is 19.1 Å². The molecule has 3 atom stereocenters. The normalized spacial score (nSPS) is 14.9. The number of carbonyl (C=O) groups is 1. The van der Waals surface area contributed by atoms with Gasteiger partial charge in [0, 0.05) is 10.1 Å². The van der Waals surface area contributed by atoms with Crippen LogP contribution in [0.15, 0.2) is 65.6 Å². The highest BCUT2D eigenvalue weighted by Gasteiger charge is 2.34. The van der Waals surface area contributed by atoms with Gasteiger partial charge in [0.2, 0.25) is 0 Å². The summed E-state index contributed by atoms with van der Waals surface area (Å²) in [4.78, 5) is 13.2. The average Bonchev–Trinajstić information content (AvgIpc) is 2.56. The van der Waals surface area contributed by atoms with E-state index in [-0.39, 0.29) is 5.25 Å². The Balaban J connectivity index is 2.20. The maximum Gasteiger partial charge on any atom is 0.312 e. The van der Waals surface area contributed by atoms with E-state index in [1.54, 1.807) is 11.8 Å². The zero-order valence-corrected chi connectivity index (χ0v) is 13.5. The molecule has 22 heavy (non-hydrogen) atoms. The van der Waals surface area contributed by atoms with Gasteiger partial charge in [-0.2, -0.15) is 0 Å². The summed E-state index contributed by atoms with van der Waals surface area (Å²) in [6, 6.07) is 19.1. The van der Waals surface area contributed by atoms with Crippen LogP contribution in [0.4, 0.5) is 0 Å². The Bertz CT molecular complexity index is 586. The minimum atomic E-state index is -0.889. The SMILES string of the molecule is COC(=O)[C@@H]([C@H](C)Sc1ccccc1)[C@H](O)c1ccccc1. The fraction of sp³-hybridized carbons (Fsp3) is 0.278. The highest BCUT2D eigenvalue weighted by atomic mass is 32.2. The van der Waals surface area contributed by atoms with Crippen LogP contribution in [0.3, 0.4) is 0 Å². The molecule has 3 nitrogen and oxygen atoms in total. The average molecular weight is 316 g/mol. The minimum absolute atomic E-state index is 0.120. The Hall–Kier alpha value is -1.78. The number of hydrogen-bond acceptors (Lipinski definition) is 4. The van der Waals surface area contributed by atoms with Crippen LogP contribution in [-0.4, -0.2) is 23.4 Å². The zero-order chi connectivity index (χ0) is 15.9. The molecule has 0 amide bonds. The molecule has 2 aromatic carbocycles. The first-order chi connectivity index (χ1) is 10.6. The Kier molecular flexibility index (Phi) is 6.04. The topological polar surface area (TPSA) is 46.5 Å². The summed E-state index contributed by atoms with van der Waals surface area (Å²) in [6.07, 6.45) is -0.889. The van der Waals surface area contributed by atoms with E-state index in [0.29, 0.717) is 0 Å². The van der Waals surface area contributed by atoms with Crippen molar-refractivity contribution in [1.82, 2.24) is 0 Å². The first kappa shape index (κ1) is 16.6. The van der Waals surface area contributed by atoms with Crippen molar-refractivity contribution in [2.75, 3.05) is 7.11 Å². The van der Waals surface area contributed by atoms with Crippen molar-refractivity contribution in [3.63, 3.8) is 0 Å². The number of hydrogen-bond donors (Lipinski definition) is 1. The highest BCUT2D eigenvalue weighted by Crippen LogP contribution is 2.35. The molecule has 0 heterocycles. The van der Waals surface area contributed by atoms with Crippen molar-refractivity contribution in [2.45, 2.75) is 23.2 Å². The van der Waals surface area contributed by atoms with Gasteiger partial charge in [-0.05, 0) is 17.7 Å². The number of esters is 1. The summed E-state index contributed by atoms with van der Waals surface area (Å²) in [6.45, 7) is 1.94. The Labute approximate surface area is 135 Å². The molecule has 0 aromatic heterocycles. The van der Waals surface area contributed by atoms with Crippen molar-refractivity contribution < 1.29 is 14.6 Å². The molecule has 0 fully saturated rings. The van der Waals surface area contributed by atoms with E-state index in [1.807, 2.05) is 67.6 Å². The lowest BCUT2D eigenvalue weighted by Crippen LogP contribution is -2.31. The van der Waals surface area contributed by atoms with Crippen LogP contribution >= 0.6 is 11.8 Å². The predicted molar refractivity (Wildman–Crippen MR) is 88.7 cm³/mol. The molecule has 0 unspecified atom stereocenters. The monoisotopic (exact) mass is 316 g/mol. The third-order valence-electron chi connectivity index (χ3n) is 3.53. The molecular formula is C18H20O3S. The lowest BCUT2D eigenvalue weighted by atomic mass is 9.93. The standard InChI is InChI=1S/C18H20O3S/c1-13(22-15-11-7-4-8-12-15)16(18(20)21-2)17(19)14-9-5-3-6-10-14/h3-13,16-17,19H,1-2H3/t13-,16-,17+/m0/s1. The number of methoxy groups -OCH3 is 1. The number of carbonyl (C=O) groups excluding carboxylic acids is 1. The summed E-state index contributed by atoms with van der Waals surface area (Å²) in [7, 11) is 1.35. The summed E-state index contributed by atoms with van der Waals surface area (Å²) >= 11 is 1.56. The number of benzene rings is 2. The molecule has 2 aromatic rings. The predicted octanol–water partition coefficient (Wildman–Crippen LogP) is 3.69. The second-order valence-corrected chi connectivity index (χ2v) is 6.49. The molecule has 1 N–H and O–H groups in total. The van der Waals surface area contributed by atoms with Gasteiger partial charge >= 0.3 is 5.97 Å². The Morgan fingerprint density at radius 3 is 2.14 bits per heavy atom. The van der Waals surface area contributed by atoms with E-state index in [4.69, 9.17) is 4.74 Å². The van der Waals surface area contributed by atoms with Gasteiger partial charge in [-0.15, -0.1) is 11.8 Å². The van der Waals surface area contributed by atoms with Gasteiger partial charge in [-0.3, -0.25) is 4.79 Å². The largest absolute Gasteiger partial charge is 0.469 e. The van der Waals surface area contributed by atoms with E-state index in [2.05, 4.69) is 0 Å². The molecule has 0 saturated carbocycles. The molecule has 0 aliphatic rings. The Morgan fingerprint density at radius 1 is 1.05 bits per heavy atom. The lowest BCUT2D eigenvalue weighted by Gasteiger charge is -2.26. The summed E-state index contributed by atoms with van der Waals surface area (Å²) in [5, 5.41) is 10.5. The van der Waals surface area contributed by atoms with Crippen molar-refractivity contribution in [2.24, 2.45) is 5.92 Å². The first-order valence-corrected chi connectivity index (χ1v) is 8.04. The van der Waals surface area contributed by atoms with Crippen LogP contribution in [0.5, 0.6) is 0 Å². The molecule has 0 aliphatic heterocycles. The van der Waals surface area contributed by atoms with E-state index >= 15 is 0 Å². The Morgan fingerprint density at radius 2 is 1.59 bits per heavy atom. The molecule has 116 valence electrons. The number of ether oxygens (including phenoxy) is 1. The summed E-state index contributed by atoms with van der Waals surface area (Å²) in [5.41, 5.74) is 0.721. The van der Waals surface area contributed by atoms with Crippen molar-refractivity contribution in [1.29, 1.82) is 0 Å². The number of thioether (sulfide) groups is 1.